The van der Waals surface area contributed by atoms with Crippen molar-refractivity contribution < 1.29 is 4.42 Å². The first kappa shape index (κ1) is 26.4. The number of para-hydroxylation sites is 1. The first-order chi connectivity index (χ1) is 24.3. The van der Waals surface area contributed by atoms with Crippen LogP contribution in [-0.2, 0) is 0 Å². The van der Waals surface area contributed by atoms with Gasteiger partial charge >= 0.3 is 0 Å². The molecule has 0 bridgehead atoms. The first-order valence-corrected chi connectivity index (χ1v) is 16.5. The van der Waals surface area contributed by atoms with E-state index in [9.17, 15) is 0 Å². The zero-order valence-electron chi connectivity index (χ0n) is 26.2. The molecule has 0 fully saturated rings. The van der Waals surface area contributed by atoms with Crippen molar-refractivity contribution in [3.05, 3.63) is 152 Å². The Bertz CT molecular complexity index is 3070. The molecule has 0 amide bonds. The second-order valence-corrected chi connectivity index (χ2v) is 12.8. The van der Waals surface area contributed by atoms with Gasteiger partial charge in [-0.15, -0.1) is 0 Å². The molecular formula is C45H25N3O. The summed E-state index contributed by atoms with van der Waals surface area (Å²) in [6.45, 7) is 0. The summed E-state index contributed by atoms with van der Waals surface area (Å²) in [5.41, 5.74) is 2.64. The molecule has 0 aliphatic carbocycles. The van der Waals surface area contributed by atoms with Crippen LogP contribution in [0, 0.1) is 0 Å². The number of aromatic nitrogens is 3. The molecule has 0 aliphatic rings. The minimum Gasteiger partial charge on any atom is -0.453 e. The van der Waals surface area contributed by atoms with Crippen molar-refractivity contribution >= 4 is 75.6 Å². The van der Waals surface area contributed by atoms with Crippen molar-refractivity contribution in [3.8, 4) is 34.4 Å². The number of nitrogens with zero attached hydrogens (tertiary/aromatic N) is 3. The first-order valence-electron chi connectivity index (χ1n) is 16.5. The molecule has 226 valence electrons. The molecule has 0 aliphatic heterocycles. The minimum absolute atomic E-state index is 0.504. The van der Waals surface area contributed by atoms with E-state index in [4.69, 9.17) is 19.4 Å². The zero-order chi connectivity index (χ0) is 32.1. The van der Waals surface area contributed by atoms with E-state index < -0.39 is 0 Å². The van der Waals surface area contributed by atoms with Gasteiger partial charge in [-0.25, -0.2) is 15.0 Å². The Morgan fingerprint density at radius 1 is 0.327 bits per heavy atom. The topological polar surface area (TPSA) is 51.8 Å². The highest BCUT2D eigenvalue weighted by atomic mass is 16.3. The predicted molar refractivity (Wildman–Crippen MR) is 202 cm³/mol. The van der Waals surface area contributed by atoms with Gasteiger partial charge in [-0.3, -0.25) is 0 Å². The van der Waals surface area contributed by atoms with Gasteiger partial charge in [0.05, 0.1) is 0 Å². The van der Waals surface area contributed by atoms with Gasteiger partial charge in [-0.2, -0.15) is 0 Å². The summed E-state index contributed by atoms with van der Waals surface area (Å²) in [5, 5.41) is 15.8. The Morgan fingerprint density at radius 3 is 1.49 bits per heavy atom. The maximum atomic E-state index is 6.29. The SMILES string of the molecule is c1ccc(-c2nc(-c3cc4ccc5cccc6c7cccc8ccc9cccc(c(c3)c4c56)c9c87)nc(-c3cc4ccccc4o3)n2)cc1. The van der Waals surface area contributed by atoms with Gasteiger partial charge in [0, 0.05) is 16.5 Å². The summed E-state index contributed by atoms with van der Waals surface area (Å²) in [4.78, 5) is 15.2. The van der Waals surface area contributed by atoms with E-state index in [0.717, 1.165) is 27.5 Å². The number of benzene rings is 8. The van der Waals surface area contributed by atoms with E-state index in [-0.39, 0.29) is 0 Å². The van der Waals surface area contributed by atoms with Crippen molar-refractivity contribution in [1.82, 2.24) is 15.0 Å². The molecule has 2 heterocycles. The van der Waals surface area contributed by atoms with Crippen molar-refractivity contribution in [1.29, 1.82) is 0 Å². The summed E-state index contributed by atoms with van der Waals surface area (Å²) in [5.74, 6) is 2.32. The molecule has 49 heavy (non-hydrogen) atoms. The highest BCUT2D eigenvalue weighted by Crippen LogP contribution is 2.44. The number of fused-ring (bicyclic) bond motifs is 3. The van der Waals surface area contributed by atoms with Crippen LogP contribution in [0.4, 0.5) is 0 Å². The van der Waals surface area contributed by atoms with Gasteiger partial charge in [0.1, 0.15) is 5.58 Å². The maximum Gasteiger partial charge on any atom is 0.199 e. The lowest BCUT2D eigenvalue weighted by Gasteiger charge is -2.17. The van der Waals surface area contributed by atoms with Crippen molar-refractivity contribution in [3.63, 3.8) is 0 Å². The van der Waals surface area contributed by atoms with E-state index in [1.165, 1.54) is 59.2 Å². The summed E-state index contributed by atoms with van der Waals surface area (Å²) in [6.07, 6.45) is 0. The molecule has 0 atom stereocenters. The summed E-state index contributed by atoms with van der Waals surface area (Å²) in [7, 11) is 0. The second kappa shape index (κ2) is 9.93. The van der Waals surface area contributed by atoms with E-state index in [2.05, 4.69) is 91.0 Å². The maximum absolute atomic E-state index is 6.29. The molecular weight excluding hydrogens is 599 g/mol. The van der Waals surface area contributed by atoms with Gasteiger partial charge < -0.3 is 4.42 Å². The Labute approximate surface area is 280 Å². The fourth-order valence-electron chi connectivity index (χ4n) is 7.84. The number of furan rings is 1. The molecule has 0 spiro atoms. The van der Waals surface area contributed by atoms with Crippen molar-refractivity contribution in [2.24, 2.45) is 0 Å². The van der Waals surface area contributed by atoms with E-state index in [1.54, 1.807) is 0 Å². The van der Waals surface area contributed by atoms with Gasteiger partial charge in [0.15, 0.2) is 23.2 Å². The molecule has 0 unspecified atom stereocenters. The van der Waals surface area contributed by atoms with E-state index in [0.29, 0.717) is 23.2 Å². The fourth-order valence-corrected chi connectivity index (χ4v) is 7.84. The summed E-state index contributed by atoms with van der Waals surface area (Å²) in [6, 6.07) is 53.6. The molecule has 0 N–H and O–H groups in total. The fraction of sp³-hybridized carbons (Fsp3) is 0. The average Bonchev–Trinajstić information content (AvgIpc) is 3.61. The number of hydrogen-bond donors (Lipinski definition) is 0. The Kier molecular flexibility index (Phi) is 5.35. The third-order valence-electron chi connectivity index (χ3n) is 10.00. The molecule has 2 aromatic heterocycles. The van der Waals surface area contributed by atoms with Crippen LogP contribution >= 0.6 is 0 Å². The zero-order valence-corrected chi connectivity index (χ0v) is 26.2. The molecule has 11 aromatic rings. The van der Waals surface area contributed by atoms with Crippen LogP contribution in [0.3, 0.4) is 0 Å². The molecule has 0 saturated carbocycles. The third-order valence-corrected chi connectivity index (χ3v) is 10.00. The highest BCUT2D eigenvalue weighted by Gasteiger charge is 2.19. The quantitative estimate of drug-likeness (QED) is 0.184. The Morgan fingerprint density at radius 2 is 0.837 bits per heavy atom. The Balaban J connectivity index is 1.29. The monoisotopic (exact) mass is 623 g/mol. The standard InChI is InChI=1S/C45H25N3O/c1-2-9-29(10-3-1)43-46-44(48-45(47-43)38-25-30-11-4-5-18-37(30)49-38)32-23-31-22-21-28-13-7-16-34-33-15-6-12-26-19-20-27-14-8-17-35(41(27)39(26)33)36(24-32)42(31)40(28)34/h1-25H. The lowest BCUT2D eigenvalue weighted by molar-refractivity contribution is 0.625. The van der Waals surface area contributed by atoms with Crippen LogP contribution in [0.2, 0.25) is 0 Å². The summed E-state index contributed by atoms with van der Waals surface area (Å²) >= 11 is 0. The second-order valence-electron chi connectivity index (χ2n) is 12.8. The van der Waals surface area contributed by atoms with Crippen molar-refractivity contribution in [2.45, 2.75) is 0 Å². The predicted octanol–water partition coefficient (Wildman–Crippen LogP) is 12.0. The molecule has 11 rings (SSSR count). The number of hydrogen-bond acceptors (Lipinski definition) is 4. The van der Waals surface area contributed by atoms with Crippen LogP contribution in [0.15, 0.2) is 156 Å². The third kappa shape index (κ3) is 3.89. The van der Waals surface area contributed by atoms with Crippen LogP contribution < -0.4 is 0 Å². The summed E-state index contributed by atoms with van der Waals surface area (Å²) < 4.78 is 6.29. The van der Waals surface area contributed by atoms with Gasteiger partial charge in [0.2, 0.25) is 0 Å². The minimum atomic E-state index is 0.504. The largest absolute Gasteiger partial charge is 0.453 e. The highest BCUT2D eigenvalue weighted by molar-refractivity contribution is 6.37. The van der Waals surface area contributed by atoms with E-state index >= 15 is 0 Å². The van der Waals surface area contributed by atoms with Crippen LogP contribution in [0.25, 0.3) is 110 Å². The molecule has 0 radical (unpaired) electrons. The van der Waals surface area contributed by atoms with Crippen LogP contribution in [0.5, 0.6) is 0 Å². The van der Waals surface area contributed by atoms with Crippen molar-refractivity contribution in [2.75, 3.05) is 0 Å². The van der Waals surface area contributed by atoms with Crippen LogP contribution in [-0.4, -0.2) is 15.0 Å². The lowest BCUT2D eigenvalue weighted by Crippen LogP contribution is -2.00. The van der Waals surface area contributed by atoms with Gasteiger partial charge in [-0.05, 0) is 88.9 Å². The average molecular weight is 624 g/mol. The smallest absolute Gasteiger partial charge is 0.199 e. The van der Waals surface area contributed by atoms with E-state index in [1.807, 2.05) is 60.7 Å². The van der Waals surface area contributed by atoms with Gasteiger partial charge in [-0.1, -0.05) is 127 Å². The van der Waals surface area contributed by atoms with Crippen LogP contribution in [0.1, 0.15) is 0 Å². The van der Waals surface area contributed by atoms with Gasteiger partial charge in [0.25, 0.3) is 0 Å². The molecule has 4 nitrogen and oxygen atoms in total. The molecule has 0 saturated heterocycles. The lowest BCUT2D eigenvalue weighted by atomic mass is 9.87. The normalized spacial score (nSPS) is 12.1. The Hall–Kier alpha value is -6.65. The molecule has 9 aromatic carbocycles. The molecule has 4 heteroatoms. The number of rotatable bonds is 3.